The van der Waals surface area contributed by atoms with Gasteiger partial charge in [-0.25, -0.2) is 0 Å². The van der Waals surface area contributed by atoms with Gasteiger partial charge >= 0.3 is 0 Å². The first-order valence-electron chi connectivity index (χ1n) is 8.28. The van der Waals surface area contributed by atoms with Crippen molar-refractivity contribution >= 4 is 0 Å². The second-order valence-electron chi connectivity index (χ2n) is 5.70. The smallest absolute Gasteiger partial charge is 0.0276 e. The first-order chi connectivity index (χ1) is 10.9. The maximum atomic E-state index is 3.96. The maximum Gasteiger partial charge on any atom is -0.0276 e. The lowest BCUT2D eigenvalue weighted by atomic mass is 10.0. The van der Waals surface area contributed by atoms with Gasteiger partial charge in [0.1, 0.15) is 0 Å². The van der Waals surface area contributed by atoms with Crippen molar-refractivity contribution in [1.29, 1.82) is 0 Å². The third-order valence-corrected chi connectivity index (χ3v) is 3.95. The summed E-state index contributed by atoms with van der Waals surface area (Å²) in [4.78, 5) is 0. The molecule has 0 N–H and O–H groups in total. The van der Waals surface area contributed by atoms with Crippen molar-refractivity contribution in [3.05, 3.63) is 96.1 Å². The van der Waals surface area contributed by atoms with Crippen LogP contribution in [0.4, 0.5) is 0 Å². The van der Waals surface area contributed by atoms with Gasteiger partial charge in [0.05, 0.1) is 0 Å². The molecule has 0 heteroatoms. The van der Waals surface area contributed by atoms with Crippen LogP contribution in [0.25, 0.3) is 0 Å². The standard InChI is InChI=1S/C22H26/c1-2-20(18-11-19-22-15-7-4-8-16-22)12-9-10-17-21-13-5-3-6-14-21/h2-8,12-16H,1,9-11,17-19H2/b20-12-. The van der Waals surface area contributed by atoms with Crippen molar-refractivity contribution in [3.8, 4) is 0 Å². The first kappa shape index (κ1) is 16.3. The number of unbranched alkanes of at least 4 members (excludes halogenated alkanes) is 1. The fraction of sp³-hybridized carbons (Fsp3) is 0.273. The van der Waals surface area contributed by atoms with Crippen LogP contribution >= 0.6 is 0 Å². The molecule has 114 valence electrons. The average molecular weight is 290 g/mol. The van der Waals surface area contributed by atoms with E-state index in [0.29, 0.717) is 0 Å². The molecular formula is C22H26. The van der Waals surface area contributed by atoms with Crippen LogP contribution in [-0.2, 0) is 12.8 Å². The first-order valence-corrected chi connectivity index (χ1v) is 8.28. The van der Waals surface area contributed by atoms with Gasteiger partial charge in [0.25, 0.3) is 0 Å². The Hall–Kier alpha value is -2.08. The van der Waals surface area contributed by atoms with Crippen molar-refractivity contribution in [2.75, 3.05) is 0 Å². The van der Waals surface area contributed by atoms with E-state index in [9.17, 15) is 0 Å². The molecule has 0 radical (unpaired) electrons. The molecule has 2 aromatic rings. The molecule has 22 heavy (non-hydrogen) atoms. The molecule has 2 rings (SSSR count). The van der Waals surface area contributed by atoms with Crippen LogP contribution in [0.2, 0.25) is 0 Å². The summed E-state index contributed by atoms with van der Waals surface area (Å²) < 4.78 is 0. The number of benzene rings is 2. The molecule has 0 heterocycles. The Morgan fingerprint density at radius 1 is 0.773 bits per heavy atom. The minimum atomic E-state index is 1.13. The summed E-state index contributed by atoms with van der Waals surface area (Å²) in [6.45, 7) is 3.96. The fourth-order valence-corrected chi connectivity index (χ4v) is 2.67. The predicted octanol–water partition coefficient (Wildman–Crippen LogP) is 6.14. The van der Waals surface area contributed by atoms with Crippen molar-refractivity contribution in [3.63, 3.8) is 0 Å². The van der Waals surface area contributed by atoms with E-state index in [0.717, 1.165) is 25.7 Å². The second kappa shape index (κ2) is 9.78. The van der Waals surface area contributed by atoms with Gasteiger partial charge in [-0.3, -0.25) is 0 Å². The lowest BCUT2D eigenvalue weighted by Crippen LogP contribution is -1.88. The van der Waals surface area contributed by atoms with E-state index in [2.05, 4.69) is 73.3 Å². The van der Waals surface area contributed by atoms with Crippen LogP contribution in [0.15, 0.2) is 85.0 Å². The highest BCUT2D eigenvalue weighted by Gasteiger charge is 1.96. The number of hydrogen-bond donors (Lipinski definition) is 0. The van der Waals surface area contributed by atoms with Crippen LogP contribution in [0.3, 0.4) is 0 Å². The largest absolute Gasteiger partial charge is 0.0988 e. The van der Waals surface area contributed by atoms with Crippen molar-refractivity contribution in [2.45, 2.75) is 38.5 Å². The molecule has 0 nitrogen and oxygen atoms in total. The third-order valence-electron chi connectivity index (χ3n) is 3.95. The lowest BCUT2D eigenvalue weighted by Gasteiger charge is -2.04. The third kappa shape index (κ3) is 6.13. The van der Waals surface area contributed by atoms with Gasteiger partial charge in [0.15, 0.2) is 0 Å². The van der Waals surface area contributed by atoms with E-state index in [1.54, 1.807) is 0 Å². The van der Waals surface area contributed by atoms with Gasteiger partial charge in [-0.1, -0.05) is 85.0 Å². The van der Waals surface area contributed by atoms with Crippen molar-refractivity contribution < 1.29 is 0 Å². The van der Waals surface area contributed by atoms with Crippen molar-refractivity contribution in [1.82, 2.24) is 0 Å². The topological polar surface area (TPSA) is 0 Å². The van der Waals surface area contributed by atoms with Crippen LogP contribution < -0.4 is 0 Å². The molecule has 0 amide bonds. The number of allylic oxidation sites excluding steroid dienone is 3. The molecule has 0 atom stereocenters. The normalized spacial score (nSPS) is 11.4. The molecule has 0 bridgehead atoms. The van der Waals surface area contributed by atoms with Gasteiger partial charge < -0.3 is 0 Å². The molecule has 0 saturated heterocycles. The highest BCUT2D eigenvalue weighted by Crippen LogP contribution is 2.13. The molecule has 0 fully saturated rings. The molecule has 0 aliphatic heterocycles. The summed E-state index contributed by atoms with van der Waals surface area (Å²) in [5.41, 5.74) is 4.25. The zero-order valence-corrected chi connectivity index (χ0v) is 13.4. The Bertz CT molecular complexity index is 564. The van der Waals surface area contributed by atoms with Gasteiger partial charge in [-0.05, 0) is 49.7 Å². The Balaban J connectivity index is 1.68. The van der Waals surface area contributed by atoms with Crippen molar-refractivity contribution in [2.24, 2.45) is 0 Å². The summed E-state index contributed by atoms with van der Waals surface area (Å²) in [5.74, 6) is 0. The highest BCUT2D eigenvalue weighted by atomic mass is 14.0. The maximum absolute atomic E-state index is 3.96. The SMILES string of the molecule is C=C/C(=C/CCCc1ccccc1)CCCc1ccccc1. The van der Waals surface area contributed by atoms with E-state index in [1.807, 2.05) is 6.08 Å². The van der Waals surface area contributed by atoms with Crippen LogP contribution in [0.1, 0.15) is 36.8 Å². The Morgan fingerprint density at radius 2 is 1.32 bits per heavy atom. The molecule has 0 aliphatic carbocycles. The zero-order valence-electron chi connectivity index (χ0n) is 13.4. The number of hydrogen-bond acceptors (Lipinski definition) is 0. The summed E-state index contributed by atoms with van der Waals surface area (Å²) in [6, 6.07) is 21.4. The highest BCUT2D eigenvalue weighted by molar-refractivity contribution is 5.19. The summed E-state index contributed by atoms with van der Waals surface area (Å²) in [5, 5.41) is 0. The molecule has 0 saturated carbocycles. The summed E-state index contributed by atoms with van der Waals surface area (Å²) >= 11 is 0. The molecule has 0 unspecified atom stereocenters. The minimum absolute atomic E-state index is 1.13. The second-order valence-corrected chi connectivity index (χ2v) is 5.70. The Kier molecular flexibility index (Phi) is 7.25. The van der Waals surface area contributed by atoms with Gasteiger partial charge in [-0.2, -0.15) is 0 Å². The minimum Gasteiger partial charge on any atom is -0.0988 e. The van der Waals surface area contributed by atoms with E-state index in [-0.39, 0.29) is 0 Å². The van der Waals surface area contributed by atoms with E-state index in [4.69, 9.17) is 0 Å². The molecule has 0 spiro atoms. The van der Waals surface area contributed by atoms with E-state index < -0.39 is 0 Å². The Labute approximate surface area is 135 Å². The Morgan fingerprint density at radius 3 is 1.86 bits per heavy atom. The lowest BCUT2D eigenvalue weighted by molar-refractivity contribution is 0.802. The zero-order chi connectivity index (χ0) is 15.5. The molecule has 0 aliphatic rings. The monoisotopic (exact) mass is 290 g/mol. The molecule has 2 aromatic carbocycles. The number of aryl methyl sites for hydroxylation is 2. The molecule has 0 aromatic heterocycles. The summed E-state index contributed by atoms with van der Waals surface area (Å²) in [6.07, 6.45) is 11.4. The van der Waals surface area contributed by atoms with E-state index >= 15 is 0 Å². The van der Waals surface area contributed by atoms with Gasteiger partial charge in [-0.15, -0.1) is 0 Å². The fourth-order valence-electron chi connectivity index (χ4n) is 2.67. The van der Waals surface area contributed by atoms with E-state index in [1.165, 1.54) is 29.5 Å². The summed E-state index contributed by atoms with van der Waals surface area (Å²) in [7, 11) is 0. The van der Waals surface area contributed by atoms with Crippen LogP contribution in [0.5, 0.6) is 0 Å². The average Bonchev–Trinajstić information content (AvgIpc) is 2.59. The van der Waals surface area contributed by atoms with Crippen LogP contribution in [0, 0.1) is 0 Å². The van der Waals surface area contributed by atoms with Gasteiger partial charge in [0.2, 0.25) is 0 Å². The predicted molar refractivity (Wildman–Crippen MR) is 97.0 cm³/mol. The number of rotatable bonds is 9. The molecular weight excluding hydrogens is 264 g/mol. The quantitative estimate of drug-likeness (QED) is 0.384. The van der Waals surface area contributed by atoms with Crippen LogP contribution in [-0.4, -0.2) is 0 Å². The van der Waals surface area contributed by atoms with Gasteiger partial charge in [0, 0.05) is 0 Å².